The molecule has 1 nitrogen and oxygen atoms in total. The summed E-state index contributed by atoms with van der Waals surface area (Å²) in [5.41, 5.74) is 0. The van der Waals surface area contributed by atoms with E-state index in [0.29, 0.717) is 0 Å². The van der Waals surface area contributed by atoms with E-state index in [9.17, 15) is 5.11 Å². The summed E-state index contributed by atoms with van der Waals surface area (Å²) in [5, 5.41) is 9.99. The Morgan fingerprint density at radius 1 is 0.667 bits per heavy atom. The highest BCUT2D eigenvalue weighted by Gasteiger charge is 1.90. The molecule has 0 rings (SSSR count). The molecule has 0 N–H and O–H groups in total. The van der Waals surface area contributed by atoms with Crippen LogP contribution < -0.4 is 0 Å². The van der Waals surface area contributed by atoms with Crippen LogP contribution in [-0.2, 0) is 5.11 Å². The highest BCUT2D eigenvalue weighted by Crippen LogP contribution is 2.10. The van der Waals surface area contributed by atoms with Crippen LogP contribution in [0.15, 0.2) is 36.6 Å². The minimum absolute atomic E-state index is 0.796. The van der Waals surface area contributed by atoms with Crippen LogP contribution in [0.4, 0.5) is 0 Å². The summed E-state index contributed by atoms with van der Waals surface area (Å²) >= 11 is 0. The van der Waals surface area contributed by atoms with Gasteiger partial charge in [0.2, 0.25) is 0 Å². The Kier molecular flexibility index (Phi) is 15.1. The molecule has 0 aliphatic carbocycles. The van der Waals surface area contributed by atoms with Gasteiger partial charge in [0.1, 0.15) is 6.26 Å². The van der Waals surface area contributed by atoms with Crippen LogP contribution in [0.5, 0.6) is 0 Å². The lowest BCUT2D eigenvalue weighted by Crippen LogP contribution is -1.80. The van der Waals surface area contributed by atoms with Crippen LogP contribution in [0, 0.1) is 0 Å². The normalized spacial score (nSPS) is 12.3. The largest absolute Gasteiger partial charge is 0.299 e. The minimum atomic E-state index is 0.796. The molecule has 0 saturated carbocycles. The van der Waals surface area contributed by atoms with E-state index in [2.05, 4.69) is 13.0 Å². The number of unbranched alkanes of at least 4 members (excludes halogenated alkanes) is 9. The van der Waals surface area contributed by atoms with Crippen molar-refractivity contribution in [2.24, 2.45) is 0 Å². The van der Waals surface area contributed by atoms with Crippen molar-refractivity contribution in [3.8, 4) is 0 Å². The summed E-state index contributed by atoms with van der Waals surface area (Å²) in [7, 11) is 0. The van der Waals surface area contributed by atoms with Crippen molar-refractivity contribution in [2.75, 3.05) is 0 Å². The second-order valence-corrected chi connectivity index (χ2v) is 4.76. The molecule has 1 radical (unpaired) electrons. The van der Waals surface area contributed by atoms with Gasteiger partial charge in [-0.05, 0) is 18.9 Å². The first-order valence-corrected chi connectivity index (χ1v) is 7.52. The summed E-state index contributed by atoms with van der Waals surface area (Å²) in [6, 6.07) is 0. The summed E-state index contributed by atoms with van der Waals surface area (Å²) in [5.74, 6) is 0. The third-order valence-electron chi connectivity index (χ3n) is 3.02. The SMILES string of the molecule is CCCCCCCCCCCC=CC=CC=C[O]. The fraction of sp³-hybridized carbons (Fsp3) is 0.647. The third kappa shape index (κ3) is 15.0. The topological polar surface area (TPSA) is 19.9 Å². The first-order chi connectivity index (χ1) is 8.91. The Labute approximate surface area is 113 Å². The monoisotopic (exact) mass is 249 g/mol. The van der Waals surface area contributed by atoms with Gasteiger partial charge in [0.25, 0.3) is 0 Å². The first-order valence-electron chi connectivity index (χ1n) is 7.52. The van der Waals surface area contributed by atoms with Gasteiger partial charge in [0.15, 0.2) is 0 Å². The molecule has 0 fully saturated rings. The molecular weight excluding hydrogens is 220 g/mol. The molecule has 0 aliphatic heterocycles. The molecule has 103 valence electrons. The lowest BCUT2D eigenvalue weighted by atomic mass is 10.1. The zero-order chi connectivity index (χ0) is 13.3. The predicted octanol–water partition coefficient (Wildman–Crippen LogP) is 5.96. The second kappa shape index (κ2) is 16.0. The summed E-state index contributed by atoms with van der Waals surface area (Å²) in [4.78, 5) is 0. The Morgan fingerprint density at radius 3 is 1.83 bits per heavy atom. The van der Waals surface area contributed by atoms with E-state index < -0.39 is 0 Å². The summed E-state index contributed by atoms with van der Waals surface area (Å²) < 4.78 is 0. The highest BCUT2D eigenvalue weighted by atomic mass is 16.2. The van der Waals surface area contributed by atoms with Crippen LogP contribution in [-0.4, -0.2) is 0 Å². The zero-order valence-corrected chi connectivity index (χ0v) is 11.9. The van der Waals surface area contributed by atoms with Crippen molar-refractivity contribution in [1.29, 1.82) is 0 Å². The minimum Gasteiger partial charge on any atom is -0.299 e. The maximum Gasteiger partial charge on any atom is 0.142 e. The second-order valence-electron chi connectivity index (χ2n) is 4.76. The maximum atomic E-state index is 9.99. The summed E-state index contributed by atoms with van der Waals surface area (Å²) in [6.45, 7) is 2.26. The molecular formula is C17H29O. The van der Waals surface area contributed by atoms with E-state index in [1.165, 1.54) is 63.9 Å². The average molecular weight is 249 g/mol. The van der Waals surface area contributed by atoms with Crippen molar-refractivity contribution >= 4 is 0 Å². The molecule has 0 bridgehead atoms. The fourth-order valence-corrected chi connectivity index (χ4v) is 1.92. The van der Waals surface area contributed by atoms with Crippen molar-refractivity contribution < 1.29 is 5.11 Å². The smallest absolute Gasteiger partial charge is 0.142 e. The molecule has 0 atom stereocenters. The van der Waals surface area contributed by atoms with E-state index >= 15 is 0 Å². The highest BCUT2D eigenvalue weighted by molar-refractivity contribution is 5.09. The van der Waals surface area contributed by atoms with E-state index in [-0.39, 0.29) is 0 Å². The van der Waals surface area contributed by atoms with Gasteiger partial charge >= 0.3 is 0 Å². The molecule has 0 spiro atoms. The van der Waals surface area contributed by atoms with E-state index in [0.717, 1.165) is 12.7 Å². The van der Waals surface area contributed by atoms with E-state index in [1.54, 1.807) is 6.08 Å². The molecule has 0 heterocycles. The van der Waals surface area contributed by atoms with Crippen molar-refractivity contribution in [3.63, 3.8) is 0 Å². The van der Waals surface area contributed by atoms with Crippen molar-refractivity contribution in [3.05, 3.63) is 36.6 Å². The van der Waals surface area contributed by atoms with E-state index in [4.69, 9.17) is 0 Å². The van der Waals surface area contributed by atoms with Crippen LogP contribution in [0.3, 0.4) is 0 Å². The Bertz CT molecular complexity index is 226. The maximum absolute atomic E-state index is 9.99. The van der Waals surface area contributed by atoms with Gasteiger partial charge in [-0.3, -0.25) is 5.11 Å². The molecule has 0 unspecified atom stereocenters. The average Bonchev–Trinajstić information content (AvgIpc) is 2.39. The lowest BCUT2D eigenvalue weighted by molar-refractivity contribution is 0.352. The molecule has 0 aromatic heterocycles. The quantitative estimate of drug-likeness (QED) is 0.231. The molecule has 18 heavy (non-hydrogen) atoms. The van der Waals surface area contributed by atoms with Crippen LogP contribution in [0.2, 0.25) is 0 Å². The fourth-order valence-electron chi connectivity index (χ4n) is 1.92. The van der Waals surface area contributed by atoms with Gasteiger partial charge in [0, 0.05) is 0 Å². The lowest BCUT2D eigenvalue weighted by Gasteiger charge is -2.00. The summed E-state index contributed by atoms with van der Waals surface area (Å²) in [6.07, 6.45) is 23.7. The third-order valence-corrected chi connectivity index (χ3v) is 3.02. The van der Waals surface area contributed by atoms with Gasteiger partial charge in [-0.15, -0.1) is 0 Å². The van der Waals surface area contributed by atoms with Gasteiger partial charge in [-0.25, -0.2) is 0 Å². The molecule has 0 amide bonds. The first kappa shape index (κ1) is 17.0. The number of rotatable bonds is 12. The Hall–Kier alpha value is -0.980. The van der Waals surface area contributed by atoms with E-state index in [1.807, 2.05) is 12.2 Å². The van der Waals surface area contributed by atoms with Gasteiger partial charge in [-0.1, -0.05) is 82.6 Å². The molecule has 0 aromatic carbocycles. The van der Waals surface area contributed by atoms with Gasteiger partial charge in [-0.2, -0.15) is 0 Å². The Balaban J connectivity index is 3.11. The number of hydrogen-bond donors (Lipinski definition) is 0. The zero-order valence-electron chi connectivity index (χ0n) is 11.9. The van der Waals surface area contributed by atoms with Gasteiger partial charge < -0.3 is 0 Å². The standard InChI is InChI=1S/C17H29O/c1-2-3-4-5-6-7-8-9-10-11-12-13-14-15-16-17-18/h12-17H,2-11H2,1H3. The number of hydrogen-bond acceptors (Lipinski definition) is 0. The number of allylic oxidation sites excluding steroid dienone is 5. The van der Waals surface area contributed by atoms with Crippen LogP contribution >= 0.6 is 0 Å². The molecule has 0 aliphatic rings. The van der Waals surface area contributed by atoms with Crippen LogP contribution in [0.25, 0.3) is 0 Å². The molecule has 1 heteroatoms. The van der Waals surface area contributed by atoms with Crippen molar-refractivity contribution in [2.45, 2.75) is 71.1 Å². The van der Waals surface area contributed by atoms with Crippen LogP contribution in [0.1, 0.15) is 71.1 Å². The van der Waals surface area contributed by atoms with Crippen molar-refractivity contribution in [1.82, 2.24) is 0 Å². The predicted molar refractivity (Wildman–Crippen MR) is 80.0 cm³/mol. The van der Waals surface area contributed by atoms with Gasteiger partial charge in [0.05, 0.1) is 0 Å². The molecule has 0 saturated heterocycles. The Morgan fingerprint density at radius 2 is 1.22 bits per heavy atom. The molecule has 0 aromatic rings.